The van der Waals surface area contributed by atoms with Gasteiger partial charge >= 0.3 is 0 Å². The van der Waals surface area contributed by atoms with E-state index >= 15 is 0 Å². The second-order valence-corrected chi connectivity index (χ2v) is 6.04. The van der Waals surface area contributed by atoms with Crippen molar-refractivity contribution in [2.24, 2.45) is 0 Å². The molecule has 0 aliphatic rings. The second-order valence-electron chi connectivity index (χ2n) is 5.63. The molecule has 0 radical (unpaired) electrons. The van der Waals surface area contributed by atoms with Crippen LogP contribution in [0.3, 0.4) is 0 Å². The molecule has 1 N–H and O–H groups in total. The van der Waals surface area contributed by atoms with E-state index in [9.17, 15) is 4.79 Å². The van der Waals surface area contributed by atoms with Crippen LogP contribution < -0.4 is 10.1 Å². The maximum Gasteiger partial charge on any atom is 0.187 e. The number of hydrogen-bond acceptors (Lipinski definition) is 3. The van der Waals surface area contributed by atoms with E-state index in [2.05, 4.69) is 5.32 Å². The molecule has 0 saturated heterocycles. The summed E-state index contributed by atoms with van der Waals surface area (Å²) in [5, 5.41) is 3.83. The van der Waals surface area contributed by atoms with Crippen LogP contribution in [0.25, 0.3) is 5.70 Å². The Balaban J connectivity index is 1.97. The normalized spacial score (nSPS) is 11.1. The summed E-state index contributed by atoms with van der Waals surface area (Å²) in [7, 11) is 1.57. The molecule has 0 fully saturated rings. The molecule has 130 valence electrons. The number of anilines is 1. The van der Waals surface area contributed by atoms with Gasteiger partial charge in [0, 0.05) is 29.1 Å². The zero-order valence-corrected chi connectivity index (χ0v) is 15.0. The predicted octanol–water partition coefficient (Wildman–Crippen LogP) is 5.68. The summed E-state index contributed by atoms with van der Waals surface area (Å²) in [6.07, 6.45) is 1.60. The van der Waals surface area contributed by atoms with Crippen molar-refractivity contribution < 1.29 is 9.53 Å². The molecule has 0 saturated carbocycles. The van der Waals surface area contributed by atoms with E-state index in [1.807, 2.05) is 54.6 Å². The predicted molar refractivity (Wildman–Crippen MR) is 107 cm³/mol. The van der Waals surface area contributed by atoms with Gasteiger partial charge in [-0.05, 0) is 17.7 Å². The van der Waals surface area contributed by atoms with Crippen LogP contribution in [0.5, 0.6) is 5.75 Å². The minimum atomic E-state index is -0.0714. The molecule has 0 heterocycles. The Bertz CT molecular complexity index is 921. The SMILES string of the molecule is COc1cc(N/C(=C\C(=O)c2ccccc2)c2ccccc2)ccc1Cl. The molecular formula is C22H18ClNO2. The van der Waals surface area contributed by atoms with Gasteiger partial charge < -0.3 is 10.1 Å². The number of ketones is 1. The van der Waals surface area contributed by atoms with E-state index in [1.165, 1.54) is 0 Å². The van der Waals surface area contributed by atoms with Gasteiger partial charge in [0.05, 0.1) is 12.1 Å². The van der Waals surface area contributed by atoms with Crippen LogP contribution in [0, 0.1) is 0 Å². The molecule has 0 aliphatic carbocycles. The zero-order chi connectivity index (χ0) is 18.4. The molecule has 0 bridgehead atoms. The van der Waals surface area contributed by atoms with E-state index in [4.69, 9.17) is 16.3 Å². The fraction of sp³-hybridized carbons (Fsp3) is 0.0455. The highest BCUT2D eigenvalue weighted by molar-refractivity contribution is 6.32. The minimum Gasteiger partial charge on any atom is -0.495 e. The van der Waals surface area contributed by atoms with Crippen LogP contribution in [0.1, 0.15) is 15.9 Å². The summed E-state index contributed by atoms with van der Waals surface area (Å²) in [6, 6.07) is 24.3. The van der Waals surface area contributed by atoms with Crippen molar-refractivity contribution in [1.29, 1.82) is 0 Å². The highest BCUT2D eigenvalue weighted by Crippen LogP contribution is 2.29. The van der Waals surface area contributed by atoms with Crippen molar-refractivity contribution in [3.63, 3.8) is 0 Å². The largest absolute Gasteiger partial charge is 0.495 e. The molecule has 3 aromatic rings. The number of ether oxygens (including phenoxy) is 1. The third kappa shape index (κ3) is 4.32. The third-order valence-corrected chi connectivity index (χ3v) is 4.16. The zero-order valence-electron chi connectivity index (χ0n) is 14.3. The molecule has 26 heavy (non-hydrogen) atoms. The van der Waals surface area contributed by atoms with Crippen LogP contribution in [0.15, 0.2) is 84.9 Å². The second kappa shape index (κ2) is 8.37. The smallest absolute Gasteiger partial charge is 0.187 e. The van der Waals surface area contributed by atoms with Crippen LogP contribution in [-0.4, -0.2) is 12.9 Å². The number of hydrogen-bond donors (Lipinski definition) is 1. The lowest BCUT2D eigenvalue weighted by molar-refractivity contribution is 0.104. The average molecular weight is 364 g/mol. The lowest BCUT2D eigenvalue weighted by Crippen LogP contribution is -2.04. The maximum atomic E-state index is 12.6. The Morgan fingerprint density at radius 1 is 0.923 bits per heavy atom. The first-order valence-electron chi connectivity index (χ1n) is 8.14. The first kappa shape index (κ1) is 17.8. The molecule has 0 aromatic heterocycles. The Labute approximate surface area is 157 Å². The molecule has 0 atom stereocenters. The van der Waals surface area contributed by atoms with E-state index in [1.54, 1.807) is 37.5 Å². The molecule has 0 spiro atoms. The van der Waals surface area contributed by atoms with Crippen LogP contribution in [0.4, 0.5) is 5.69 Å². The van der Waals surface area contributed by atoms with Crippen molar-refractivity contribution in [3.8, 4) is 5.75 Å². The Morgan fingerprint density at radius 2 is 1.54 bits per heavy atom. The van der Waals surface area contributed by atoms with Gasteiger partial charge in [-0.3, -0.25) is 4.79 Å². The number of carbonyl (C=O) groups excluding carboxylic acids is 1. The molecule has 3 nitrogen and oxygen atoms in total. The number of halogens is 1. The van der Waals surface area contributed by atoms with E-state index in [0.717, 1.165) is 11.3 Å². The van der Waals surface area contributed by atoms with Crippen LogP contribution in [0.2, 0.25) is 5.02 Å². The fourth-order valence-corrected chi connectivity index (χ4v) is 2.71. The first-order chi connectivity index (χ1) is 12.7. The van der Waals surface area contributed by atoms with Gasteiger partial charge in [0.25, 0.3) is 0 Å². The number of rotatable bonds is 6. The Hall–Kier alpha value is -3.04. The minimum absolute atomic E-state index is 0.0714. The van der Waals surface area contributed by atoms with Gasteiger partial charge in [-0.1, -0.05) is 72.3 Å². The number of methoxy groups -OCH3 is 1. The number of benzene rings is 3. The van der Waals surface area contributed by atoms with Crippen molar-refractivity contribution in [2.75, 3.05) is 12.4 Å². The topological polar surface area (TPSA) is 38.3 Å². The monoisotopic (exact) mass is 363 g/mol. The van der Waals surface area contributed by atoms with Crippen LogP contribution in [-0.2, 0) is 0 Å². The third-order valence-electron chi connectivity index (χ3n) is 3.85. The Morgan fingerprint density at radius 3 is 2.15 bits per heavy atom. The van der Waals surface area contributed by atoms with E-state index < -0.39 is 0 Å². The Kier molecular flexibility index (Phi) is 5.72. The first-order valence-corrected chi connectivity index (χ1v) is 8.52. The van der Waals surface area contributed by atoms with Crippen molar-refractivity contribution in [1.82, 2.24) is 0 Å². The maximum absolute atomic E-state index is 12.6. The van der Waals surface area contributed by atoms with E-state index in [-0.39, 0.29) is 5.78 Å². The standard InChI is InChI=1S/C22H18ClNO2/c1-26-22-14-18(12-13-19(22)23)24-20(16-8-4-2-5-9-16)15-21(25)17-10-6-3-7-11-17/h2-15,24H,1H3/b20-15-. The summed E-state index contributed by atoms with van der Waals surface area (Å²) in [5.74, 6) is 0.497. The van der Waals surface area contributed by atoms with Crippen molar-refractivity contribution in [3.05, 3.63) is 101 Å². The quantitative estimate of drug-likeness (QED) is 0.452. The van der Waals surface area contributed by atoms with Crippen LogP contribution >= 0.6 is 11.6 Å². The van der Waals surface area contributed by atoms with E-state index in [0.29, 0.717) is 22.0 Å². The highest BCUT2D eigenvalue weighted by Gasteiger charge is 2.09. The lowest BCUT2D eigenvalue weighted by Gasteiger charge is -2.13. The molecule has 0 aliphatic heterocycles. The molecule has 3 aromatic carbocycles. The number of allylic oxidation sites excluding steroid dienone is 1. The summed E-state index contributed by atoms with van der Waals surface area (Å²) in [6.45, 7) is 0. The van der Waals surface area contributed by atoms with Gasteiger partial charge in [0.2, 0.25) is 0 Å². The van der Waals surface area contributed by atoms with Crippen molar-refractivity contribution >= 4 is 28.8 Å². The molecule has 4 heteroatoms. The molecule has 0 amide bonds. The summed E-state index contributed by atoms with van der Waals surface area (Å²) in [5.41, 5.74) is 3.02. The summed E-state index contributed by atoms with van der Waals surface area (Å²) in [4.78, 5) is 12.6. The summed E-state index contributed by atoms with van der Waals surface area (Å²) < 4.78 is 5.26. The van der Waals surface area contributed by atoms with Gasteiger partial charge in [-0.2, -0.15) is 0 Å². The molecule has 3 rings (SSSR count). The fourth-order valence-electron chi connectivity index (χ4n) is 2.52. The van der Waals surface area contributed by atoms with Gasteiger partial charge in [0.1, 0.15) is 5.75 Å². The van der Waals surface area contributed by atoms with Gasteiger partial charge in [-0.15, -0.1) is 0 Å². The van der Waals surface area contributed by atoms with Gasteiger partial charge in [-0.25, -0.2) is 0 Å². The van der Waals surface area contributed by atoms with Gasteiger partial charge in [0.15, 0.2) is 5.78 Å². The summed E-state index contributed by atoms with van der Waals surface area (Å²) >= 11 is 6.09. The average Bonchev–Trinajstić information content (AvgIpc) is 2.70. The highest BCUT2D eigenvalue weighted by atomic mass is 35.5. The molecule has 0 unspecified atom stereocenters. The molecular weight excluding hydrogens is 346 g/mol. The number of carbonyl (C=O) groups is 1. The lowest BCUT2D eigenvalue weighted by atomic mass is 10.1. The van der Waals surface area contributed by atoms with Crippen molar-refractivity contribution in [2.45, 2.75) is 0 Å². The number of nitrogens with one attached hydrogen (secondary N) is 1.